The van der Waals surface area contributed by atoms with Crippen molar-refractivity contribution in [2.24, 2.45) is 11.8 Å². The minimum Gasteiger partial charge on any atom is -0.315 e. The molecule has 1 fully saturated rings. The molecule has 0 bridgehead atoms. The molecule has 0 saturated heterocycles. The summed E-state index contributed by atoms with van der Waals surface area (Å²) in [5.41, 5.74) is 1.53. The van der Waals surface area contributed by atoms with Crippen LogP contribution in [-0.2, 0) is 4.79 Å². The summed E-state index contributed by atoms with van der Waals surface area (Å²) in [5.74, 6) is 0.361. The fourth-order valence-electron chi connectivity index (χ4n) is 2.04. The van der Waals surface area contributed by atoms with Crippen LogP contribution < -0.4 is 5.32 Å². The molecule has 1 aliphatic rings. The van der Waals surface area contributed by atoms with E-state index in [0.717, 1.165) is 16.5 Å². The van der Waals surface area contributed by atoms with E-state index in [4.69, 9.17) is 0 Å². The molecular formula is C14H12BrFN2OS. The van der Waals surface area contributed by atoms with Crippen LogP contribution in [0.25, 0.3) is 11.3 Å². The van der Waals surface area contributed by atoms with Crippen LogP contribution in [0.1, 0.15) is 13.3 Å². The van der Waals surface area contributed by atoms with Gasteiger partial charge in [-0.1, -0.05) is 6.92 Å². The van der Waals surface area contributed by atoms with Gasteiger partial charge in [-0.3, -0.25) is 4.79 Å². The van der Waals surface area contributed by atoms with E-state index in [1.807, 2.05) is 0 Å². The highest BCUT2D eigenvalue weighted by Crippen LogP contribution is 2.41. The van der Waals surface area contributed by atoms with Gasteiger partial charge in [-0.05, 0) is 64.1 Å². The lowest BCUT2D eigenvalue weighted by Crippen LogP contribution is -2.13. The van der Waals surface area contributed by atoms with E-state index in [0.29, 0.717) is 16.6 Å². The van der Waals surface area contributed by atoms with Gasteiger partial charge in [0.05, 0.1) is 4.47 Å². The lowest BCUT2D eigenvalue weighted by Gasteiger charge is -2.02. The average molecular weight is 355 g/mol. The largest absolute Gasteiger partial charge is 0.315 e. The Morgan fingerprint density at radius 1 is 1.45 bits per heavy atom. The number of hydrogen-bond donors (Lipinski definition) is 1. The molecule has 2 atom stereocenters. The maximum atomic E-state index is 12.9. The SMILES string of the molecule is CC1C[C@H]1C(=O)Nc1snc(-c2ccc(F)cc2)c1Br. The van der Waals surface area contributed by atoms with Gasteiger partial charge in [0.1, 0.15) is 16.5 Å². The summed E-state index contributed by atoms with van der Waals surface area (Å²) in [5, 5.41) is 3.60. The molecule has 0 radical (unpaired) electrons. The molecule has 1 unspecified atom stereocenters. The summed E-state index contributed by atoms with van der Waals surface area (Å²) in [4.78, 5) is 11.9. The van der Waals surface area contributed by atoms with Crippen LogP contribution in [0, 0.1) is 17.7 Å². The molecule has 1 aliphatic carbocycles. The van der Waals surface area contributed by atoms with Crippen LogP contribution in [0.5, 0.6) is 0 Å². The number of rotatable bonds is 3. The van der Waals surface area contributed by atoms with Gasteiger partial charge in [0.2, 0.25) is 5.91 Å². The summed E-state index contributed by atoms with van der Waals surface area (Å²) >= 11 is 4.69. The molecule has 1 N–H and O–H groups in total. The van der Waals surface area contributed by atoms with Crippen LogP contribution in [0.3, 0.4) is 0 Å². The number of aromatic nitrogens is 1. The minimum atomic E-state index is -0.281. The first kappa shape index (κ1) is 13.7. The Hall–Kier alpha value is -1.27. The van der Waals surface area contributed by atoms with Crippen molar-refractivity contribution in [1.82, 2.24) is 4.37 Å². The maximum absolute atomic E-state index is 12.9. The number of benzene rings is 1. The smallest absolute Gasteiger partial charge is 0.228 e. The number of amides is 1. The van der Waals surface area contributed by atoms with Crippen LogP contribution in [0.2, 0.25) is 0 Å². The number of halogens is 2. The Bertz CT molecular complexity index is 656. The van der Waals surface area contributed by atoms with Crippen molar-refractivity contribution in [3.05, 3.63) is 34.6 Å². The number of carbonyl (C=O) groups excluding carboxylic acids is 1. The quantitative estimate of drug-likeness (QED) is 0.892. The predicted octanol–water partition coefficient (Wildman–Crippen LogP) is 4.31. The van der Waals surface area contributed by atoms with E-state index in [1.165, 1.54) is 23.7 Å². The molecule has 104 valence electrons. The van der Waals surface area contributed by atoms with E-state index >= 15 is 0 Å². The molecule has 1 saturated carbocycles. The monoisotopic (exact) mass is 354 g/mol. The summed E-state index contributed by atoms with van der Waals surface area (Å²) in [6.45, 7) is 2.07. The van der Waals surface area contributed by atoms with Crippen molar-refractivity contribution in [3.8, 4) is 11.3 Å². The van der Waals surface area contributed by atoms with Crippen molar-refractivity contribution in [2.75, 3.05) is 5.32 Å². The maximum Gasteiger partial charge on any atom is 0.228 e. The molecule has 0 aliphatic heterocycles. The topological polar surface area (TPSA) is 42.0 Å². The molecule has 1 amide bonds. The molecule has 0 spiro atoms. The van der Waals surface area contributed by atoms with Gasteiger partial charge in [-0.2, -0.15) is 4.37 Å². The van der Waals surface area contributed by atoms with Gasteiger partial charge in [-0.25, -0.2) is 4.39 Å². The third kappa shape index (κ3) is 2.62. The third-order valence-electron chi connectivity index (χ3n) is 3.44. The van der Waals surface area contributed by atoms with Gasteiger partial charge in [0.25, 0.3) is 0 Å². The Labute approximate surface area is 128 Å². The summed E-state index contributed by atoms with van der Waals surface area (Å²) in [7, 11) is 0. The van der Waals surface area contributed by atoms with Crippen LogP contribution >= 0.6 is 27.5 Å². The van der Waals surface area contributed by atoms with Gasteiger partial charge >= 0.3 is 0 Å². The highest BCUT2D eigenvalue weighted by atomic mass is 79.9. The van der Waals surface area contributed by atoms with Gasteiger partial charge in [0, 0.05) is 11.5 Å². The van der Waals surface area contributed by atoms with E-state index in [-0.39, 0.29) is 17.6 Å². The van der Waals surface area contributed by atoms with Crippen molar-refractivity contribution in [3.63, 3.8) is 0 Å². The zero-order valence-corrected chi connectivity index (χ0v) is 13.1. The number of hydrogen-bond acceptors (Lipinski definition) is 3. The van der Waals surface area contributed by atoms with Crippen LogP contribution in [0.15, 0.2) is 28.7 Å². The Balaban J connectivity index is 1.81. The number of nitrogens with one attached hydrogen (secondary N) is 1. The van der Waals surface area contributed by atoms with E-state index in [2.05, 4.69) is 32.5 Å². The molecule has 2 aromatic rings. The fourth-order valence-corrected chi connectivity index (χ4v) is 3.49. The molecule has 1 aromatic carbocycles. The van der Waals surface area contributed by atoms with E-state index < -0.39 is 0 Å². The minimum absolute atomic E-state index is 0.0486. The van der Waals surface area contributed by atoms with Gasteiger partial charge < -0.3 is 5.32 Å². The normalized spacial score (nSPS) is 20.8. The lowest BCUT2D eigenvalue weighted by molar-refractivity contribution is -0.117. The zero-order chi connectivity index (χ0) is 14.3. The Morgan fingerprint density at radius 3 is 2.70 bits per heavy atom. The molecule has 1 heterocycles. The Kier molecular flexibility index (Phi) is 3.60. The van der Waals surface area contributed by atoms with Crippen molar-refractivity contribution in [2.45, 2.75) is 13.3 Å². The molecule has 20 heavy (non-hydrogen) atoms. The average Bonchev–Trinajstić information content (AvgIpc) is 3.06. The van der Waals surface area contributed by atoms with Crippen molar-refractivity contribution >= 4 is 38.4 Å². The predicted molar refractivity (Wildman–Crippen MR) is 81.1 cm³/mol. The molecular weight excluding hydrogens is 343 g/mol. The van der Waals surface area contributed by atoms with Crippen molar-refractivity contribution < 1.29 is 9.18 Å². The highest BCUT2D eigenvalue weighted by molar-refractivity contribution is 9.10. The van der Waals surface area contributed by atoms with Crippen LogP contribution in [0.4, 0.5) is 9.39 Å². The zero-order valence-electron chi connectivity index (χ0n) is 10.7. The molecule has 6 heteroatoms. The second-order valence-electron chi connectivity index (χ2n) is 4.99. The summed E-state index contributed by atoms with van der Waals surface area (Å²) in [6.07, 6.45) is 0.951. The Morgan fingerprint density at radius 2 is 2.10 bits per heavy atom. The lowest BCUT2D eigenvalue weighted by atomic mass is 10.1. The molecule has 3 rings (SSSR count). The van der Waals surface area contributed by atoms with E-state index in [1.54, 1.807) is 12.1 Å². The standard InChI is InChI=1S/C14H12BrFN2OS/c1-7-6-10(7)13(19)17-14-11(15)12(18-20-14)8-2-4-9(16)5-3-8/h2-5,7,10H,6H2,1H3,(H,17,19)/t7?,10-/m1/s1. The van der Waals surface area contributed by atoms with E-state index in [9.17, 15) is 9.18 Å². The number of carbonyl (C=O) groups is 1. The third-order valence-corrected chi connectivity index (χ3v) is 5.23. The second-order valence-corrected chi connectivity index (χ2v) is 6.56. The van der Waals surface area contributed by atoms with Crippen LogP contribution in [-0.4, -0.2) is 10.3 Å². The number of nitrogens with zero attached hydrogens (tertiary/aromatic N) is 1. The number of anilines is 1. The fraction of sp³-hybridized carbons (Fsp3) is 0.286. The molecule has 3 nitrogen and oxygen atoms in total. The molecule has 1 aromatic heterocycles. The first-order valence-corrected chi connectivity index (χ1v) is 7.85. The summed E-state index contributed by atoms with van der Waals surface area (Å²) in [6, 6.07) is 6.13. The van der Waals surface area contributed by atoms with Crippen molar-refractivity contribution in [1.29, 1.82) is 0 Å². The summed E-state index contributed by atoms with van der Waals surface area (Å²) < 4.78 is 18.0. The first-order chi connectivity index (χ1) is 9.56. The first-order valence-electron chi connectivity index (χ1n) is 6.28. The second kappa shape index (κ2) is 5.26. The highest BCUT2D eigenvalue weighted by Gasteiger charge is 2.39. The van der Waals surface area contributed by atoms with Gasteiger partial charge in [0.15, 0.2) is 0 Å². The van der Waals surface area contributed by atoms with Gasteiger partial charge in [-0.15, -0.1) is 0 Å².